The Morgan fingerprint density at radius 2 is 1.76 bits per heavy atom. The topological polar surface area (TPSA) is 54.5 Å². The first-order valence-corrected chi connectivity index (χ1v) is 7.11. The van der Waals surface area contributed by atoms with Crippen LogP contribution >= 0.6 is 0 Å². The van der Waals surface area contributed by atoms with Crippen molar-refractivity contribution in [3.63, 3.8) is 0 Å². The van der Waals surface area contributed by atoms with Crippen molar-refractivity contribution < 1.29 is 0 Å². The third-order valence-corrected chi connectivity index (χ3v) is 3.67. The van der Waals surface area contributed by atoms with E-state index in [-0.39, 0.29) is 5.41 Å². The summed E-state index contributed by atoms with van der Waals surface area (Å²) in [7, 11) is 0. The monoisotopic (exact) mass is 282 g/mol. The lowest BCUT2D eigenvalue weighted by molar-refractivity contribution is 0.581. The summed E-state index contributed by atoms with van der Waals surface area (Å²) in [5, 5.41) is 13.6. The maximum atomic E-state index is 9.41. The van der Waals surface area contributed by atoms with E-state index in [2.05, 4.69) is 55.1 Å². The summed E-state index contributed by atoms with van der Waals surface area (Å²) in [5.41, 5.74) is 2.97. The fourth-order valence-electron chi connectivity index (χ4n) is 2.14. The molecule has 0 unspecified atom stereocenters. The van der Waals surface area contributed by atoms with Crippen LogP contribution in [-0.4, -0.2) is 14.8 Å². The van der Waals surface area contributed by atoms with Crippen molar-refractivity contribution >= 4 is 0 Å². The highest BCUT2D eigenvalue weighted by molar-refractivity contribution is 5.40. The highest BCUT2D eigenvalue weighted by atomic mass is 15.3. The molecule has 0 aliphatic heterocycles. The second-order valence-corrected chi connectivity index (χ2v) is 7.00. The first-order chi connectivity index (χ1) is 9.72. The van der Waals surface area contributed by atoms with Gasteiger partial charge in [-0.05, 0) is 36.0 Å². The van der Waals surface area contributed by atoms with E-state index in [1.807, 2.05) is 13.8 Å². The molecule has 0 N–H and O–H groups in total. The van der Waals surface area contributed by atoms with Crippen LogP contribution in [0.1, 0.15) is 51.3 Å². The van der Waals surface area contributed by atoms with Gasteiger partial charge in [0, 0.05) is 0 Å². The molecular formula is C17H22N4. The summed E-state index contributed by atoms with van der Waals surface area (Å²) in [5.74, 6) is 0. The molecule has 110 valence electrons. The van der Waals surface area contributed by atoms with Gasteiger partial charge < -0.3 is 0 Å². The molecule has 2 rings (SSSR count). The number of benzene rings is 1. The molecule has 0 atom stereocenters. The van der Waals surface area contributed by atoms with Crippen LogP contribution in [0.2, 0.25) is 0 Å². The number of nitriles is 1. The van der Waals surface area contributed by atoms with Crippen molar-refractivity contribution in [1.82, 2.24) is 14.8 Å². The largest absolute Gasteiger partial charge is 0.249 e. The molecule has 0 aliphatic carbocycles. The number of rotatable bonds is 3. The summed E-state index contributed by atoms with van der Waals surface area (Å²) in [6.45, 7) is 11.1. The van der Waals surface area contributed by atoms with Crippen molar-refractivity contribution in [2.45, 2.75) is 52.0 Å². The highest BCUT2D eigenvalue weighted by Crippen LogP contribution is 2.30. The molecule has 0 spiro atoms. The first-order valence-electron chi connectivity index (χ1n) is 7.11. The smallest absolute Gasteiger partial charge is 0.137 e. The molecule has 4 heteroatoms. The van der Waals surface area contributed by atoms with Crippen molar-refractivity contribution in [2.24, 2.45) is 0 Å². The van der Waals surface area contributed by atoms with Crippen molar-refractivity contribution in [2.75, 3.05) is 0 Å². The van der Waals surface area contributed by atoms with Gasteiger partial charge in [-0.15, -0.1) is 0 Å². The summed E-state index contributed by atoms with van der Waals surface area (Å²) >= 11 is 0. The summed E-state index contributed by atoms with van der Waals surface area (Å²) in [4.78, 5) is 3.98. The van der Waals surface area contributed by atoms with Crippen LogP contribution in [0.25, 0.3) is 0 Å². The maximum absolute atomic E-state index is 9.41. The summed E-state index contributed by atoms with van der Waals surface area (Å²) < 4.78 is 1.80. The molecule has 0 aliphatic rings. The zero-order chi connectivity index (χ0) is 15.7. The Labute approximate surface area is 126 Å². The van der Waals surface area contributed by atoms with Crippen LogP contribution in [0.5, 0.6) is 0 Å². The van der Waals surface area contributed by atoms with Gasteiger partial charge in [0.2, 0.25) is 0 Å². The van der Waals surface area contributed by atoms with Gasteiger partial charge in [-0.3, -0.25) is 0 Å². The van der Waals surface area contributed by atoms with E-state index in [0.29, 0.717) is 6.54 Å². The van der Waals surface area contributed by atoms with E-state index in [1.54, 1.807) is 11.0 Å². The number of hydrogen-bond acceptors (Lipinski definition) is 3. The average molecular weight is 282 g/mol. The Hall–Kier alpha value is -2.15. The highest BCUT2D eigenvalue weighted by Gasteiger charge is 2.23. The van der Waals surface area contributed by atoms with Gasteiger partial charge in [0.1, 0.15) is 12.7 Å². The molecule has 0 saturated heterocycles. The predicted molar refractivity (Wildman–Crippen MR) is 82.9 cm³/mol. The van der Waals surface area contributed by atoms with Crippen LogP contribution in [0.3, 0.4) is 0 Å². The molecule has 1 heterocycles. The van der Waals surface area contributed by atoms with Crippen molar-refractivity contribution in [3.8, 4) is 6.07 Å². The van der Waals surface area contributed by atoms with E-state index >= 15 is 0 Å². The van der Waals surface area contributed by atoms with Gasteiger partial charge >= 0.3 is 0 Å². The lowest BCUT2D eigenvalue weighted by Crippen LogP contribution is -2.19. The van der Waals surface area contributed by atoms with Crippen LogP contribution in [-0.2, 0) is 17.4 Å². The lowest BCUT2D eigenvalue weighted by atomic mass is 9.79. The van der Waals surface area contributed by atoms with E-state index in [1.165, 1.54) is 11.9 Å². The van der Waals surface area contributed by atoms with Gasteiger partial charge in [-0.25, -0.2) is 9.67 Å². The van der Waals surface area contributed by atoms with E-state index in [0.717, 1.165) is 11.1 Å². The Balaban J connectivity index is 2.50. The van der Waals surface area contributed by atoms with Gasteiger partial charge in [0.25, 0.3) is 0 Å². The Morgan fingerprint density at radius 1 is 1.10 bits per heavy atom. The standard InChI is InChI=1S/C17H22N4/c1-16(2,3)14-6-13(9-21-12-19-11-20-21)7-15(8-14)17(4,5)10-18/h6-8,11-12H,9H2,1-5H3. The van der Waals surface area contributed by atoms with Crippen molar-refractivity contribution in [3.05, 3.63) is 47.5 Å². The van der Waals surface area contributed by atoms with Gasteiger partial charge in [-0.2, -0.15) is 10.4 Å². The molecule has 0 fully saturated rings. The van der Waals surface area contributed by atoms with E-state index in [4.69, 9.17) is 0 Å². The SMILES string of the molecule is CC(C)(C)c1cc(Cn2cncn2)cc(C(C)(C)C#N)c1. The molecule has 1 aromatic carbocycles. The summed E-state index contributed by atoms with van der Waals surface area (Å²) in [6.07, 6.45) is 3.24. The van der Waals surface area contributed by atoms with Crippen molar-refractivity contribution in [1.29, 1.82) is 5.26 Å². The fourth-order valence-corrected chi connectivity index (χ4v) is 2.14. The molecule has 0 radical (unpaired) electrons. The Morgan fingerprint density at radius 3 is 2.29 bits per heavy atom. The zero-order valence-corrected chi connectivity index (χ0v) is 13.4. The number of nitrogens with zero attached hydrogens (tertiary/aromatic N) is 4. The van der Waals surface area contributed by atoms with Crippen LogP contribution in [0.4, 0.5) is 0 Å². The Kier molecular flexibility index (Phi) is 3.87. The molecule has 2 aromatic rings. The quantitative estimate of drug-likeness (QED) is 0.866. The van der Waals surface area contributed by atoms with Crippen LogP contribution in [0.15, 0.2) is 30.9 Å². The maximum Gasteiger partial charge on any atom is 0.137 e. The second kappa shape index (κ2) is 5.33. The normalized spacial score (nSPS) is 12.2. The zero-order valence-electron chi connectivity index (χ0n) is 13.4. The minimum atomic E-state index is -0.502. The average Bonchev–Trinajstić information content (AvgIpc) is 2.90. The van der Waals surface area contributed by atoms with Crippen LogP contribution < -0.4 is 0 Å². The second-order valence-electron chi connectivity index (χ2n) is 7.00. The minimum Gasteiger partial charge on any atom is -0.249 e. The molecular weight excluding hydrogens is 260 g/mol. The molecule has 0 amide bonds. The fraction of sp³-hybridized carbons (Fsp3) is 0.471. The lowest BCUT2D eigenvalue weighted by Gasteiger charge is -2.24. The van der Waals surface area contributed by atoms with Gasteiger partial charge in [0.05, 0.1) is 18.0 Å². The molecule has 1 aromatic heterocycles. The molecule has 0 bridgehead atoms. The first kappa shape index (κ1) is 15.2. The van der Waals surface area contributed by atoms with E-state index in [9.17, 15) is 5.26 Å². The minimum absolute atomic E-state index is 0.0403. The van der Waals surface area contributed by atoms with Crippen LogP contribution in [0, 0.1) is 11.3 Å². The molecule has 0 saturated carbocycles. The van der Waals surface area contributed by atoms with Gasteiger partial charge in [-0.1, -0.05) is 39.0 Å². The summed E-state index contributed by atoms with van der Waals surface area (Å²) in [6, 6.07) is 8.82. The van der Waals surface area contributed by atoms with Gasteiger partial charge in [0.15, 0.2) is 0 Å². The third-order valence-electron chi connectivity index (χ3n) is 3.67. The molecule has 21 heavy (non-hydrogen) atoms. The van der Waals surface area contributed by atoms with E-state index < -0.39 is 5.41 Å². The number of hydrogen-bond donors (Lipinski definition) is 0. The predicted octanol–water partition coefficient (Wildman–Crippen LogP) is 3.43. The number of aromatic nitrogens is 3. The Bertz CT molecular complexity index is 655. The molecule has 4 nitrogen and oxygen atoms in total. The third kappa shape index (κ3) is 3.49.